The first-order valence-corrected chi connectivity index (χ1v) is 9.64. The number of hydrogen-bond donors (Lipinski definition) is 2. The zero-order valence-electron chi connectivity index (χ0n) is 16.4. The summed E-state index contributed by atoms with van der Waals surface area (Å²) in [6, 6.07) is 21.6. The molecule has 0 heterocycles. The van der Waals surface area contributed by atoms with Crippen LogP contribution in [-0.4, -0.2) is 25.0 Å². The molecule has 30 heavy (non-hydrogen) atoms. The lowest BCUT2D eigenvalue weighted by Crippen LogP contribution is -2.23. The Balaban J connectivity index is 1.39. The molecule has 3 rings (SSSR count). The first-order valence-electron chi connectivity index (χ1n) is 9.26. The van der Waals surface area contributed by atoms with Crippen LogP contribution in [-0.2, 0) is 14.3 Å². The maximum Gasteiger partial charge on any atom is 0.250 e. The normalized spacial score (nSPS) is 10.3. The third-order valence-electron chi connectivity index (χ3n) is 4.04. The second kappa shape index (κ2) is 10.4. The van der Waals surface area contributed by atoms with Crippen LogP contribution in [0, 0.1) is 6.92 Å². The molecule has 0 aliphatic heterocycles. The van der Waals surface area contributed by atoms with Gasteiger partial charge in [-0.25, -0.2) is 0 Å². The number of rotatable bonds is 8. The Kier molecular flexibility index (Phi) is 7.43. The number of halogens is 1. The second-order valence-electron chi connectivity index (χ2n) is 6.49. The van der Waals surface area contributed by atoms with Crippen molar-refractivity contribution >= 4 is 34.8 Å². The predicted octanol–water partition coefficient (Wildman–Crippen LogP) is 5.03. The van der Waals surface area contributed by atoms with Crippen molar-refractivity contribution in [3.05, 3.63) is 83.4 Å². The molecule has 2 amide bonds. The van der Waals surface area contributed by atoms with Crippen molar-refractivity contribution < 1.29 is 19.1 Å². The number of nitrogens with one attached hydrogen (secondary N) is 2. The van der Waals surface area contributed by atoms with Gasteiger partial charge in [-0.15, -0.1) is 0 Å². The topological polar surface area (TPSA) is 76.7 Å². The zero-order valence-corrected chi connectivity index (χ0v) is 17.1. The van der Waals surface area contributed by atoms with E-state index in [1.54, 1.807) is 36.4 Å². The SMILES string of the molecule is Cc1ccc(NC(=O)COCC(=O)Nc2ccc(Oc3ccccc3)cc2)cc1Cl. The van der Waals surface area contributed by atoms with Crippen LogP contribution in [0.15, 0.2) is 72.8 Å². The lowest BCUT2D eigenvalue weighted by Gasteiger charge is -2.09. The van der Waals surface area contributed by atoms with Gasteiger partial charge in [0.25, 0.3) is 0 Å². The number of amides is 2. The number of anilines is 2. The summed E-state index contributed by atoms with van der Waals surface area (Å²) in [6.45, 7) is 1.38. The van der Waals surface area contributed by atoms with Gasteiger partial charge in [0.2, 0.25) is 11.8 Å². The van der Waals surface area contributed by atoms with Crippen molar-refractivity contribution in [3.63, 3.8) is 0 Å². The number of aryl methyl sites for hydroxylation is 1. The highest BCUT2D eigenvalue weighted by Crippen LogP contribution is 2.22. The van der Waals surface area contributed by atoms with Crippen LogP contribution < -0.4 is 15.4 Å². The zero-order chi connectivity index (χ0) is 21.3. The van der Waals surface area contributed by atoms with Gasteiger partial charge in [0.1, 0.15) is 24.7 Å². The summed E-state index contributed by atoms with van der Waals surface area (Å²) in [5.74, 6) is 0.653. The van der Waals surface area contributed by atoms with E-state index in [0.717, 1.165) is 11.3 Å². The predicted molar refractivity (Wildman–Crippen MR) is 117 cm³/mol. The van der Waals surface area contributed by atoms with Gasteiger partial charge in [0.15, 0.2) is 0 Å². The highest BCUT2D eigenvalue weighted by Gasteiger charge is 2.08. The first-order chi connectivity index (χ1) is 14.5. The standard InChI is InChI=1S/C23H21ClN2O4/c1-16-7-8-18(13-21(16)24)26-23(28)15-29-14-22(27)25-17-9-11-20(12-10-17)30-19-5-3-2-4-6-19/h2-13H,14-15H2,1H3,(H,25,27)(H,26,28). The molecular formula is C23H21ClN2O4. The molecular weight excluding hydrogens is 404 g/mol. The summed E-state index contributed by atoms with van der Waals surface area (Å²) in [4.78, 5) is 23.9. The quantitative estimate of drug-likeness (QED) is 0.531. The van der Waals surface area contributed by atoms with E-state index < -0.39 is 0 Å². The molecule has 0 atom stereocenters. The molecule has 7 heteroatoms. The van der Waals surface area contributed by atoms with Crippen molar-refractivity contribution in [1.82, 2.24) is 0 Å². The first kappa shape index (κ1) is 21.4. The fourth-order valence-corrected chi connectivity index (χ4v) is 2.71. The lowest BCUT2D eigenvalue weighted by molar-refractivity contribution is -0.125. The highest BCUT2D eigenvalue weighted by atomic mass is 35.5. The third kappa shape index (κ3) is 6.62. The van der Waals surface area contributed by atoms with E-state index in [1.165, 1.54) is 0 Å². The lowest BCUT2D eigenvalue weighted by atomic mass is 10.2. The van der Waals surface area contributed by atoms with Crippen LogP contribution in [0.5, 0.6) is 11.5 Å². The summed E-state index contributed by atoms with van der Waals surface area (Å²) in [7, 11) is 0. The molecule has 6 nitrogen and oxygen atoms in total. The second-order valence-corrected chi connectivity index (χ2v) is 6.90. The minimum atomic E-state index is -0.370. The van der Waals surface area contributed by atoms with E-state index in [4.69, 9.17) is 21.1 Å². The van der Waals surface area contributed by atoms with Crippen molar-refractivity contribution in [2.45, 2.75) is 6.92 Å². The molecule has 0 saturated heterocycles. The molecule has 0 saturated carbocycles. The molecule has 0 spiro atoms. The number of benzene rings is 3. The van der Waals surface area contributed by atoms with Gasteiger partial charge < -0.3 is 20.1 Å². The van der Waals surface area contributed by atoms with Gasteiger partial charge in [-0.1, -0.05) is 35.9 Å². The third-order valence-corrected chi connectivity index (χ3v) is 4.45. The molecule has 0 aromatic heterocycles. The van der Waals surface area contributed by atoms with Crippen LogP contribution in [0.25, 0.3) is 0 Å². The van der Waals surface area contributed by atoms with E-state index in [-0.39, 0.29) is 25.0 Å². The molecule has 3 aromatic carbocycles. The Labute approximate surface area is 179 Å². The number of ether oxygens (including phenoxy) is 2. The van der Waals surface area contributed by atoms with Gasteiger partial charge in [0.05, 0.1) is 0 Å². The summed E-state index contributed by atoms with van der Waals surface area (Å²) in [5, 5.41) is 5.93. The van der Waals surface area contributed by atoms with E-state index in [9.17, 15) is 9.59 Å². The van der Waals surface area contributed by atoms with Gasteiger partial charge in [0, 0.05) is 16.4 Å². The fraction of sp³-hybridized carbons (Fsp3) is 0.130. The average molecular weight is 425 g/mol. The number of carbonyl (C=O) groups excluding carboxylic acids is 2. The summed E-state index contributed by atoms with van der Waals surface area (Å²) >= 11 is 6.03. The average Bonchev–Trinajstić information content (AvgIpc) is 2.73. The van der Waals surface area contributed by atoms with Gasteiger partial charge in [-0.2, -0.15) is 0 Å². The Morgan fingerprint density at radius 1 is 0.800 bits per heavy atom. The summed E-state index contributed by atoms with van der Waals surface area (Å²) in [6.07, 6.45) is 0. The summed E-state index contributed by atoms with van der Waals surface area (Å²) < 4.78 is 10.9. The molecule has 0 bridgehead atoms. The number of para-hydroxylation sites is 1. The van der Waals surface area contributed by atoms with Gasteiger partial charge in [-0.05, 0) is 61.0 Å². The van der Waals surface area contributed by atoms with E-state index in [1.807, 2.05) is 43.3 Å². The molecule has 0 aliphatic carbocycles. The Hall–Kier alpha value is -3.35. The fourth-order valence-electron chi connectivity index (χ4n) is 2.53. The minimum absolute atomic E-state index is 0.246. The van der Waals surface area contributed by atoms with Crippen molar-refractivity contribution in [3.8, 4) is 11.5 Å². The molecule has 2 N–H and O–H groups in total. The van der Waals surface area contributed by atoms with Crippen LogP contribution in [0.2, 0.25) is 5.02 Å². The van der Waals surface area contributed by atoms with Crippen molar-refractivity contribution in [2.75, 3.05) is 23.8 Å². The van der Waals surface area contributed by atoms with Crippen molar-refractivity contribution in [1.29, 1.82) is 0 Å². The van der Waals surface area contributed by atoms with E-state index in [0.29, 0.717) is 22.1 Å². The van der Waals surface area contributed by atoms with Crippen molar-refractivity contribution in [2.24, 2.45) is 0 Å². The molecule has 0 fully saturated rings. The number of hydrogen-bond acceptors (Lipinski definition) is 4. The van der Waals surface area contributed by atoms with Crippen LogP contribution in [0.3, 0.4) is 0 Å². The molecule has 0 aliphatic rings. The van der Waals surface area contributed by atoms with Crippen LogP contribution >= 0.6 is 11.6 Å². The largest absolute Gasteiger partial charge is 0.457 e. The summed E-state index contributed by atoms with van der Waals surface area (Å²) in [5.41, 5.74) is 2.09. The maximum atomic E-state index is 12.0. The maximum absolute atomic E-state index is 12.0. The Bertz CT molecular complexity index is 1010. The van der Waals surface area contributed by atoms with Crippen LogP contribution in [0.4, 0.5) is 11.4 Å². The highest BCUT2D eigenvalue weighted by molar-refractivity contribution is 6.31. The van der Waals surface area contributed by atoms with Crippen LogP contribution in [0.1, 0.15) is 5.56 Å². The van der Waals surface area contributed by atoms with Gasteiger partial charge in [-0.3, -0.25) is 9.59 Å². The number of carbonyl (C=O) groups is 2. The minimum Gasteiger partial charge on any atom is -0.457 e. The van der Waals surface area contributed by atoms with E-state index in [2.05, 4.69) is 10.6 Å². The monoisotopic (exact) mass is 424 g/mol. The Morgan fingerprint density at radius 3 is 2.00 bits per heavy atom. The molecule has 0 unspecified atom stereocenters. The molecule has 154 valence electrons. The molecule has 0 radical (unpaired) electrons. The van der Waals surface area contributed by atoms with Gasteiger partial charge >= 0.3 is 0 Å². The Morgan fingerprint density at radius 2 is 1.37 bits per heavy atom. The van der Waals surface area contributed by atoms with E-state index >= 15 is 0 Å². The smallest absolute Gasteiger partial charge is 0.250 e. The molecule has 3 aromatic rings.